The smallest absolute Gasteiger partial charge is 0.254 e. The summed E-state index contributed by atoms with van der Waals surface area (Å²) in [7, 11) is -3.41. The van der Waals surface area contributed by atoms with Crippen LogP contribution in [-0.2, 0) is 10.0 Å². The Labute approximate surface area is 147 Å². The molecule has 1 aliphatic carbocycles. The summed E-state index contributed by atoms with van der Waals surface area (Å²) in [5.74, 6) is -0.194. The monoisotopic (exact) mass is 371 g/mol. The van der Waals surface area contributed by atoms with Crippen molar-refractivity contribution in [3.8, 4) is 0 Å². The van der Waals surface area contributed by atoms with Crippen LogP contribution in [0, 0.1) is 0 Å². The van der Waals surface area contributed by atoms with Gasteiger partial charge < -0.3 is 4.90 Å². The van der Waals surface area contributed by atoms with E-state index in [4.69, 9.17) is 11.6 Å². The van der Waals surface area contributed by atoms with Gasteiger partial charge in [0.05, 0.1) is 5.25 Å². The Bertz CT molecular complexity index is 704. The van der Waals surface area contributed by atoms with E-state index in [0.29, 0.717) is 24.9 Å². The fourth-order valence-corrected chi connectivity index (χ4v) is 5.39. The number of rotatable bonds is 4. The average Bonchev–Trinajstić information content (AvgIpc) is 3.06. The second-order valence-electron chi connectivity index (χ2n) is 6.53. The quantitative estimate of drug-likeness (QED) is 0.823. The van der Waals surface area contributed by atoms with E-state index in [9.17, 15) is 13.2 Å². The standard InChI is InChI=1S/C16H22ClN3O3S/c17-15-10-12(7-8-18-15)16(21)20-9-3-6-14(11-20)24(22,23)19-13-4-1-2-5-13/h7-8,10,13-14,19H,1-6,9,11H2/t14-/m0/s1. The Morgan fingerprint density at radius 2 is 2.00 bits per heavy atom. The lowest BCUT2D eigenvalue weighted by Crippen LogP contribution is -2.49. The lowest BCUT2D eigenvalue weighted by atomic mass is 10.1. The molecule has 24 heavy (non-hydrogen) atoms. The second kappa shape index (κ2) is 7.37. The number of hydrogen-bond acceptors (Lipinski definition) is 4. The Hall–Kier alpha value is -1.18. The van der Waals surface area contributed by atoms with Crippen molar-refractivity contribution in [1.29, 1.82) is 0 Å². The zero-order valence-electron chi connectivity index (χ0n) is 13.4. The zero-order valence-corrected chi connectivity index (χ0v) is 15.0. The number of nitrogens with zero attached hydrogens (tertiary/aromatic N) is 2. The zero-order chi connectivity index (χ0) is 17.2. The van der Waals surface area contributed by atoms with Crippen molar-refractivity contribution in [2.45, 2.75) is 49.8 Å². The van der Waals surface area contributed by atoms with Crippen LogP contribution in [0.15, 0.2) is 18.3 Å². The van der Waals surface area contributed by atoms with E-state index < -0.39 is 15.3 Å². The third-order valence-electron chi connectivity index (χ3n) is 4.76. The highest BCUT2D eigenvalue weighted by Crippen LogP contribution is 2.23. The molecule has 2 fully saturated rings. The van der Waals surface area contributed by atoms with Crippen molar-refractivity contribution in [2.75, 3.05) is 13.1 Å². The van der Waals surface area contributed by atoms with Crippen LogP contribution in [0.1, 0.15) is 48.9 Å². The Kier molecular flexibility index (Phi) is 5.42. The highest BCUT2D eigenvalue weighted by atomic mass is 35.5. The molecule has 132 valence electrons. The van der Waals surface area contributed by atoms with Gasteiger partial charge in [-0.3, -0.25) is 4.79 Å². The molecule has 8 heteroatoms. The number of carbonyl (C=O) groups is 1. The number of likely N-dealkylation sites (tertiary alicyclic amines) is 1. The van der Waals surface area contributed by atoms with Crippen LogP contribution in [0.25, 0.3) is 0 Å². The lowest BCUT2D eigenvalue weighted by Gasteiger charge is -2.33. The molecule has 0 radical (unpaired) electrons. The van der Waals surface area contributed by atoms with Crippen LogP contribution in [0.2, 0.25) is 5.15 Å². The molecule has 1 amide bonds. The summed E-state index contributed by atoms with van der Waals surface area (Å²) in [5.41, 5.74) is 0.441. The van der Waals surface area contributed by atoms with E-state index in [-0.39, 0.29) is 23.6 Å². The van der Waals surface area contributed by atoms with Crippen LogP contribution < -0.4 is 4.72 Å². The maximum atomic E-state index is 12.6. The van der Waals surface area contributed by atoms with E-state index >= 15 is 0 Å². The molecular weight excluding hydrogens is 350 g/mol. The summed E-state index contributed by atoms with van der Waals surface area (Å²) in [6.07, 6.45) is 6.71. The minimum Gasteiger partial charge on any atom is -0.337 e. The third-order valence-corrected chi connectivity index (χ3v) is 6.89. The topological polar surface area (TPSA) is 79.4 Å². The normalized spacial score (nSPS) is 22.7. The number of carbonyl (C=O) groups excluding carboxylic acids is 1. The fourth-order valence-electron chi connectivity index (χ4n) is 3.47. The molecule has 1 aliphatic heterocycles. The first-order chi connectivity index (χ1) is 11.5. The summed E-state index contributed by atoms with van der Waals surface area (Å²) in [6.45, 7) is 0.787. The summed E-state index contributed by atoms with van der Waals surface area (Å²) >= 11 is 5.84. The van der Waals surface area contributed by atoms with Crippen LogP contribution in [-0.4, -0.2) is 48.6 Å². The molecule has 2 heterocycles. The second-order valence-corrected chi connectivity index (χ2v) is 8.91. The number of aromatic nitrogens is 1. The first kappa shape index (κ1) is 17.6. The van der Waals surface area contributed by atoms with Gasteiger partial charge in [0, 0.05) is 30.9 Å². The summed E-state index contributed by atoms with van der Waals surface area (Å²) in [6, 6.07) is 3.17. The number of halogens is 1. The van der Waals surface area contributed by atoms with Gasteiger partial charge in [-0.15, -0.1) is 0 Å². The first-order valence-electron chi connectivity index (χ1n) is 8.38. The van der Waals surface area contributed by atoms with E-state index in [1.165, 1.54) is 12.3 Å². The molecule has 0 spiro atoms. The highest BCUT2D eigenvalue weighted by molar-refractivity contribution is 7.90. The fraction of sp³-hybridized carbons (Fsp3) is 0.625. The predicted molar refractivity (Wildman–Crippen MR) is 92.5 cm³/mol. The average molecular weight is 372 g/mol. The van der Waals surface area contributed by atoms with Crippen molar-refractivity contribution in [1.82, 2.24) is 14.6 Å². The summed E-state index contributed by atoms with van der Waals surface area (Å²) in [4.78, 5) is 18.1. The van der Waals surface area contributed by atoms with E-state index in [1.54, 1.807) is 11.0 Å². The van der Waals surface area contributed by atoms with Gasteiger partial charge in [-0.2, -0.15) is 0 Å². The lowest BCUT2D eigenvalue weighted by molar-refractivity contribution is 0.0726. The van der Waals surface area contributed by atoms with Gasteiger partial charge in [0.25, 0.3) is 5.91 Å². The molecule has 6 nitrogen and oxygen atoms in total. The molecule has 1 atom stereocenters. The van der Waals surface area contributed by atoms with Crippen molar-refractivity contribution in [3.63, 3.8) is 0 Å². The number of sulfonamides is 1. The SMILES string of the molecule is O=C(c1ccnc(Cl)c1)N1CCC[C@H](S(=O)(=O)NC2CCCC2)C1. The minimum atomic E-state index is -3.41. The first-order valence-corrected chi connectivity index (χ1v) is 10.3. The molecule has 1 aromatic heterocycles. The maximum Gasteiger partial charge on any atom is 0.254 e. The predicted octanol–water partition coefficient (Wildman–Crippen LogP) is 2.20. The molecule has 1 N–H and O–H groups in total. The molecule has 1 saturated heterocycles. The van der Waals surface area contributed by atoms with Crippen molar-refractivity contribution in [2.24, 2.45) is 0 Å². The van der Waals surface area contributed by atoms with Crippen LogP contribution in [0.4, 0.5) is 0 Å². The third kappa shape index (κ3) is 4.07. The van der Waals surface area contributed by atoms with Gasteiger partial charge in [0.15, 0.2) is 0 Å². The van der Waals surface area contributed by atoms with Crippen molar-refractivity contribution in [3.05, 3.63) is 29.0 Å². The Morgan fingerprint density at radius 3 is 2.71 bits per heavy atom. The van der Waals surface area contributed by atoms with Gasteiger partial charge in [-0.05, 0) is 37.8 Å². The van der Waals surface area contributed by atoms with E-state index in [0.717, 1.165) is 25.7 Å². The summed E-state index contributed by atoms with van der Waals surface area (Å²) < 4.78 is 28.1. The van der Waals surface area contributed by atoms with Gasteiger partial charge in [0.1, 0.15) is 5.15 Å². The van der Waals surface area contributed by atoms with Gasteiger partial charge >= 0.3 is 0 Å². The number of piperidine rings is 1. The van der Waals surface area contributed by atoms with Crippen LogP contribution >= 0.6 is 11.6 Å². The number of pyridine rings is 1. The molecule has 0 unspecified atom stereocenters. The minimum absolute atomic E-state index is 0.0556. The molecule has 2 aliphatic rings. The van der Waals surface area contributed by atoms with E-state index in [2.05, 4.69) is 9.71 Å². The molecule has 0 bridgehead atoms. The van der Waals surface area contributed by atoms with Crippen molar-refractivity contribution < 1.29 is 13.2 Å². The largest absolute Gasteiger partial charge is 0.337 e. The van der Waals surface area contributed by atoms with Crippen LogP contribution in [0.3, 0.4) is 0 Å². The molecule has 1 saturated carbocycles. The Morgan fingerprint density at radius 1 is 1.25 bits per heavy atom. The number of hydrogen-bond donors (Lipinski definition) is 1. The summed E-state index contributed by atoms with van der Waals surface area (Å²) in [5, 5.41) is -0.293. The number of amides is 1. The van der Waals surface area contributed by atoms with Gasteiger partial charge in [-0.1, -0.05) is 24.4 Å². The highest BCUT2D eigenvalue weighted by Gasteiger charge is 2.34. The molecule has 3 rings (SSSR count). The maximum absolute atomic E-state index is 12.6. The molecule has 0 aromatic carbocycles. The molecule has 1 aromatic rings. The van der Waals surface area contributed by atoms with Crippen LogP contribution in [0.5, 0.6) is 0 Å². The van der Waals surface area contributed by atoms with E-state index in [1.807, 2.05) is 0 Å². The molecular formula is C16H22ClN3O3S. The Balaban J connectivity index is 1.68. The van der Waals surface area contributed by atoms with Gasteiger partial charge in [-0.25, -0.2) is 18.1 Å². The van der Waals surface area contributed by atoms with Gasteiger partial charge in [0.2, 0.25) is 10.0 Å². The van der Waals surface area contributed by atoms with Crippen molar-refractivity contribution >= 4 is 27.5 Å². The number of nitrogens with one attached hydrogen (secondary N) is 1.